The number of hydrogen-bond acceptors (Lipinski definition) is 5. The number of anilines is 1. The number of fused-ring (bicyclic) bond motifs is 1. The van der Waals surface area contributed by atoms with Crippen LogP contribution in [-0.2, 0) is 14.3 Å². The van der Waals surface area contributed by atoms with Crippen molar-refractivity contribution < 1.29 is 24.2 Å². The quantitative estimate of drug-likeness (QED) is 0.344. The van der Waals surface area contributed by atoms with Crippen LogP contribution in [0.5, 0.6) is 0 Å². The normalized spacial score (nSPS) is 13.7. The summed E-state index contributed by atoms with van der Waals surface area (Å²) in [5.41, 5.74) is 1.29. The Balaban J connectivity index is 2.02. The van der Waals surface area contributed by atoms with Gasteiger partial charge in [-0.3, -0.25) is 9.59 Å². The van der Waals surface area contributed by atoms with Crippen LogP contribution >= 0.6 is 0 Å². The molecule has 0 spiro atoms. The molecule has 3 atom stereocenters. The van der Waals surface area contributed by atoms with Gasteiger partial charge >= 0.3 is 6.09 Å². The summed E-state index contributed by atoms with van der Waals surface area (Å²) in [4.78, 5) is 41.9. The SMILES string of the molecule is CCC(C)N(C(=O)C(CO)NC(=O)OC(C)(C)C)C(C(=O)Nc1ccc2ccccc2c1)c1ccccc1C. The highest BCUT2D eigenvalue weighted by Gasteiger charge is 2.39. The molecule has 0 heterocycles. The van der Waals surface area contributed by atoms with E-state index in [1.807, 2.05) is 87.5 Å². The molecule has 0 bridgehead atoms. The molecular weight excluding hydrogens is 494 g/mol. The lowest BCUT2D eigenvalue weighted by molar-refractivity contribution is -0.144. The lowest BCUT2D eigenvalue weighted by Gasteiger charge is -2.38. The van der Waals surface area contributed by atoms with Crippen molar-refractivity contribution >= 4 is 34.4 Å². The molecule has 0 aliphatic heterocycles. The summed E-state index contributed by atoms with van der Waals surface area (Å²) in [6.07, 6.45) is -0.283. The molecule has 208 valence electrons. The average Bonchev–Trinajstić information content (AvgIpc) is 2.89. The maximum absolute atomic E-state index is 14.0. The van der Waals surface area contributed by atoms with Gasteiger partial charge in [0, 0.05) is 11.7 Å². The molecule has 0 aliphatic rings. The van der Waals surface area contributed by atoms with Crippen molar-refractivity contribution in [3.05, 3.63) is 77.9 Å². The minimum Gasteiger partial charge on any atom is -0.444 e. The molecule has 0 aliphatic carbocycles. The standard InChI is InChI=1S/C31H39N3O5/c1-7-21(3)34(29(37)26(19-35)33-30(38)39-31(4,5)6)27(25-15-11-8-12-20(25)2)28(36)32-24-17-16-22-13-9-10-14-23(22)18-24/h8-18,21,26-27,35H,7,19H2,1-6H3,(H,32,36)(H,33,38). The number of ether oxygens (including phenoxy) is 1. The summed E-state index contributed by atoms with van der Waals surface area (Å²) in [5.74, 6) is -0.984. The van der Waals surface area contributed by atoms with Gasteiger partial charge in [0.2, 0.25) is 5.91 Å². The van der Waals surface area contributed by atoms with Crippen LogP contribution in [0.4, 0.5) is 10.5 Å². The van der Waals surface area contributed by atoms with Gasteiger partial charge in [-0.1, -0.05) is 61.5 Å². The minimum atomic E-state index is -1.30. The topological polar surface area (TPSA) is 108 Å². The summed E-state index contributed by atoms with van der Waals surface area (Å²) in [5, 5.41) is 17.6. The number of benzene rings is 3. The third kappa shape index (κ3) is 7.57. The summed E-state index contributed by atoms with van der Waals surface area (Å²) in [7, 11) is 0. The first-order valence-electron chi connectivity index (χ1n) is 13.2. The fraction of sp³-hybridized carbons (Fsp3) is 0.387. The van der Waals surface area contributed by atoms with Crippen molar-refractivity contribution in [2.45, 2.75) is 71.7 Å². The zero-order valence-corrected chi connectivity index (χ0v) is 23.5. The van der Waals surface area contributed by atoms with E-state index in [2.05, 4.69) is 10.6 Å². The van der Waals surface area contributed by atoms with E-state index in [0.717, 1.165) is 16.3 Å². The van der Waals surface area contributed by atoms with Crippen LogP contribution in [0.25, 0.3) is 10.8 Å². The van der Waals surface area contributed by atoms with E-state index in [1.54, 1.807) is 20.8 Å². The number of carbonyl (C=O) groups is 3. The molecule has 3 N–H and O–H groups in total. The van der Waals surface area contributed by atoms with E-state index >= 15 is 0 Å². The van der Waals surface area contributed by atoms with Crippen LogP contribution in [-0.4, -0.2) is 52.2 Å². The van der Waals surface area contributed by atoms with E-state index in [9.17, 15) is 19.5 Å². The van der Waals surface area contributed by atoms with Gasteiger partial charge in [0.05, 0.1) is 6.61 Å². The first kappa shape index (κ1) is 29.6. The Morgan fingerprint density at radius 2 is 1.62 bits per heavy atom. The molecule has 39 heavy (non-hydrogen) atoms. The zero-order valence-electron chi connectivity index (χ0n) is 23.5. The second-order valence-corrected chi connectivity index (χ2v) is 10.7. The fourth-order valence-corrected chi connectivity index (χ4v) is 4.40. The lowest BCUT2D eigenvalue weighted by Crippen LogP contribution is -2.56. The predicted molar refractivity (Wildman–Crippen MR) is 153 cm³/mol. The third-order valence-corrected chi connectivity index (χ3v) is 6.52. The number of hydrogen-bond donors (Lipinski definition) is 3. The van der Waals surface area contributed by atoms with Gasteiger partial charge in [-0.05, 0) is 75.1 Å². The Morgan fingerprint density at radius 1 is 0.974 bits per heavy atom. The van der Waals surface area contributed by atoms with Gasteiger partial charge in [-0.2, -0.15) is 0 Å². The van der Waals surface area contributed by atoms with E-state index in [1.165, 1.54) is 4.90 Å². The monoisotopic (exact) mass is 533 g/mol. The largest absolute Gasteiger partial charge is 0.444 e. The second kappa shape index (κ2) is 12.8. The average molecular weight is 534 g/mol. The Bertz CT molecular complexity index is 1320. The second-order valence-electron chi connectivity index (χ2n) is 10.7. The molecule has 3 amide bonds. The number of nitrogens with one attached hydrogen (secondary N) is 2. The molecule has 3 unspecified atom stereocenters. The molecule has 0 radical (unpaired) electrons. The van der Waals surface area contributed by atoms with Crippen LogP contribution in [0.1, 0.15) is 58.2 Å². The number of rotatable bonds is 9. The number of aliphatic hydroxyl groups is 1. The number of aliphatic hydroxyl groups excluding tert-OH is 1. The number of alkyl carbamates (subject to hydrolysis) is 1. The summed E-state index contributed by atoms with van der Waals surface area (Å²) in [6.45, 7) is 10.1. The van der Waals surface area contributed by atoms with Gasteiger partial charge in [0.15, 0.2) is 0 Å². The maximum atomic E-state index is 14.0. The van der Waals surface area contributed by atoms with Crippen molar-refractivity contribution in [1.82, 2.24) is 10.2 Å². The van der Waals surface area contributed by atoms with Crippen molar-refractivity contribution in [1.29, 1.82) is 0 Å². The molecular formula is C31H39N3O5. The number of amides is 3. The molecule has 3 aromatic carbocycles. The van der Waals surface area contributed by atoms with Crippen LogP contribution in [0, 0.1) is 6.92 Å². The number of aryl methyl sites for hydroxylation is 1. The molecule has 0 saturated carbocycles. The zero-order chi connectivity index (χ0) is 28.7. The number of carbonyl (C=O) groups excluding carboxylic acids is 3. The molecule has 3 aromatic rings. The van der Waals surface area contributed by atoms with Crippen LogP contribution in [0.2, 0.25) is 0 Å². The maximum Gasteiger partial charge on any atom is 0.408 e. The number of nitrogens with zero attached hydrogens (tertiary/aromatic N) is 1. The summed E-state index contributed by atoms with van der Waals surface area (Å²) < 4.78 is 5.30. The molecule has 0 aromatic heterocycles. The van der Waals surface area contributed by atoms with Gasteiger partial charge in [-0.15, -0.1) is 0 Å². The molecule has 0 fully saturated rings. The highest BCUT2D eigenvalue weighted by atomic mass is 16.6. The van der Waals surface area contributed by atoms with Gasteiger partial charge in [0.25, 0.3) is 5.91 Å². The van der Waals surface area contributed by atoms with Crippen molar-refractivity contribution in [2.24, 2.45) is 0 Å². The first-order valence-corrected chi connectivity index (χ1v) is 13.2. The van der Waals surface area contributed by atoms with Crippen LogP contribution in [0.15, 0.2) is 66.7 Å². The molecule has 8 heteroatoms. The smallest absolute Gasteiger partial charge is 0.408 e. The Labute approximate surface area is 230 Å². The Morgan fingerprint density at radius 3 is 2.23 bits per heavy atom. The van der Waals surface area contributed by atoms with Crippen molar-refractivity contribution in [3.8, 4) is 0 Å². The molecule has 0 saturated heterocycles. The third-order valence-electron chi connectivity index (χ3n) is 6.52. The van der Waals surface area contributed by atoms with Gasteiger partial charge in [0.1, 0.15) is 17.7 Å². The van der Waals surface area contributed by atoms with E-state index in [0.29, 0.717) is 17.7 Å². The summed E-state index contributed by atoms with van der Waals surface area (Å²) in [6, 6.07) is 18.2. The van der Waals surface area contributed by atoms with E-state index < -0.39 is 42.2 Å². The predicted octanol–water partition coefficient (Wildman–Crippen LogP) is 5.34. The fourth-order valence-electron chi connectivity index (χ4n) is 4.40. The van der Waals surface area contributed by atoms with Gasteiger partial charge in [-0.25, -0.2) is 4.79 Å². The van der Waals surface area contributed by atoms with Crippen LogP contribution < -0.4 is 10.6 Å². The highest BCUT2D eigenvalue weighted by Crippen LogP contribution is 2.30. The summed E-state index contributed by atoms with van der Waals surface area (Å²) >= 11 is 0. The molecule has 3 rings (SSSR count). The lowest BCUT2D eigenvalue weighted by atomic mass is 9.96. The van der Waals surface area contributed by atoms with Crippen LogP contribution in [0.3, 0.4) is 0 Å². The van der Waals surface area contributed by atoms with E-state index in [4.69, 9.17) is 4.74 Å². The first-order chi connectivity index (χ1) is 18.4. The minimum absolute atomic E-state index is 0.390. The van der Waals surface area contributed by atoms with E-state index in [-0.39, 0.29) is 6.04 Å². The van der Waals surface area contributed by atoms with Crippen molar-refractivity contribution in [2.75, 3.05) is 11.9 Å². The highest BCUT2D eigenvalue weighted by molar-refractivity contribution is 6.00. The Hall–Kier alpha value is -3.91. The van der Waals surface area contributed by atoms with Crippen molar-refractivity contribution in [3.63, 3.8) is 0 Å². The molecule has 8 nitrogen and oxygen atoms in total. The van der Waals surface area contributed by atoms with Gasteiger partial charge < -0.3 is 25.4 Å². The Kier molecular flexibility index (Phi) is 9.70.